The topological polar surface area (TPSA) is 86.8 Å². The van der Waals surface area contributed by atoms with Gasteiger partial charge in [0.1, 0.15) is 0 Å². The van der Waals surface area contributed by atoms with Crippen molar-refractivity contribution >= 4 is 22.9 Å². The van der Waals surface area contributed by atoms with Crippen LogP contribution in [0.4, 0.5) is 5.69 Å². The normalized spacial score (nSPS) is 14.4. The summed E-state index contributed by atoms with van der Waals surface area (Å²) in [6.07, 6.45) is 0. The summed E-state index contributed by atoms with van der Waals surface area (Å²) in [7, 11) is 0. The molecule has 24 heavy (non-hydrogen) atoms. The first-order valence-electron chi connectivity index (χ1n) is 7.67. The fourth-order valence-corrected chi connectivity index (χ4v) is 3.33. The second-order valence-electron chi connectivity index (χ2n) is 5.74. The molecule has 1 aliphatic heterocycles. The minimum absolute atomic E-state index is 0.0409. The number of thiophene rings is 1. The Bertz CT molecular complexity index is 794. The molecule has 122 valence electrons. The standard InChI is InChI=1S/C16H16N6OS/c23-16(22-8-13(9-22)15-18-20-21-19-15)12-1-3-14(4-2-12)17-7-11-5-6-24-10-11/h1-6,10,13,17H,7-9H2,(H,18,19,20,21). The molecule has 1 amide bonds. The third kappa shape index (κ3) is 3.00. The van der Waals surface area contributed by atoms with Crippen LogP contribution in [0.5, 0.6) is 0 Å². The van der Waals surface area contributed by atoms with Crippen LogP contribution in [0.3, 0.4) is 0 Å². The molecule has 0 aliphatic carbocycles. The number of nitrogens with zero attached hydrogens (tertiary/aromatic N) is 4. The second-order valence-corrected chi connectivity index (χ2v) is 6.52. The van der Waals surface area contributed by atoms with E-state index < -0.39 is 0 Å². The highest BCUT2D eigenvalue weighted by Gasteiger charge is 2.34. The summed E-state index contributed by atoms with van der Waals surface area (Å²) in [6.45, 7) is 2.06. The van der Waals surface area contributed by atoms with Crippen molar-refractivity contribution in [2.24, 2.45) is 0 Å². The first kappa shape index (κ1) is 14.8. The van der Waals surface area contributed by atoms with Crippen molar-refractivity contribution in [3.05, 3.63) is 58.0 Å². The lowest BCUT2D eigenvalue weighted by atomic mass is 9.98. The molecule has 0 saturated carbocycles. The van der Waals surface area contributed by atoms with Gasteiger partial charge in [0.15, 0.2) is 5.82 Å². The predicted molar refractivity (Wildman–Crippen MR) is 90.9 cm³/mol. The van der Waals surface area contributed by atoms with Crippen LogP contribution in [0.1, 0.15) is 27.7 Å². The molecule has 0 atom stereocenters. The van der Waals surface area contributed by atoms with Gasteiger partial charge in [-0.3, -0.25) is 4.79 Å². The van der Waals surface area contributed by atoms with Crippen LogP contribution < -0.4 is 5.32 Å². The van der Waals surface area contributed by atoms with Gasteiger partial charge in [0.2, 0.25) is 0 Å². The molecule has 2 N–H and O–H groups in total. The number of benzene rings is 1. The van der Waals surface area contributed by atoms with Crippen molar-refractivity contribution in [1.82, 2.24) is 25.5 Å². The molecule has 4 rings (SSSR count). The summed E-state index contributed by atoms with van der Waals surface area (Å²) in [6, 6.07) is 9.70. The number of rotatable bonds is 5. The zero-order valence-corrected chi connectivity index (χ0v) is 13.7. The largest absolute Gasteiger partial charge is 0.381 e. The van der Waals surface area contributed by atoms with Crippen LogP contribution in [0.15, 0.2) is 41.1 Å². The molecule has 3 aromatic rings. The molecule has 0 radical (unpaired) electrons. The summed E-state index contributed by atoms with van der Waals surface area (Å²) in [5.74, 6) is 0.894. The minimum Gasteiger partial charge on any atom is -0.381 e. The first-order valence-corrected chi connectivity index (χ1v) is 8.61. The number of likely N-dealkylation sites (tertiary alicyclic amines) is 1. The quantitative estimate of drug-likeness (QED) is 0.743. The fourth-order valence-electron chi connectivity index (χ4n) is 2.66. The fraction of sp³-hybridized carbons (Fsp3) is 0.250. The number of hydrogen-bond acceptors (Lipinski definition) is 6. The molecule has 8 heteroatoms. The van der Waals surface area contributed by atoms with Gasteiger partial charge in [-0.25, -0.2) is 0 Å². The monoisotopic (exact) mass is 340 g/mol. The highest BCUT2D eigenvalue weighted by molar-refractivity contribution is 7.07. The Kier molecular flexibility index (Phi) is 3.96. The van der Waals surface area contributed by atoms with Gasteiger partial charge in [-0.2, -0.15) is 16.6 Å². The molecule has 1 saturated heterocycles. The van der Waals surface area contributed by atoms with E-state index >= 15 is 0 Å². The molecule has 0 spiro atoms. The number of anilines is 1. The van der Waals surface area contributed by atoms with E-state index in [4.69, 9.17) is 0 Å². The van der Waals surface area contributed by atoms with Crippen molar-refractivity contribution < 1.29 is 4.79 Å². The summed E-state index contributed by atoms with van der Waals surface area (Å²) < 4.78 is 0. The van der Waals surface area contributed by atoms with E-state index in [9.17, 15) is 4.79 Å². The first-order chi connectivity index (χ1) is 11.8. The van der Waals surface area contributed by atoms with Gasteiger partial charge in [-0.05, 0) is 46.7 Å². The van der Waals surface area contributed by atoms with Crippen LogP contribution in [-0.2, 0) is 6.54 Å². The minimum atomic E-state index is 0.0409. The van der Waals surface area contributed by atoms with Gasteiger partial charge in [0.25, 0.3) is 5.91 Å². The third-order valence-corrected chi connectivity index (χ3v) is 4.84. The zero-order chi connectivity index (χ0) is 16.4. The van der Waals surface area contributed by atoms with E-state index in [1.807, 2.05) is 24.3 Å². The number of nitrogens with one attached hydrogen (secondary N) is 2. The molecule has 1 aromatic carbocycles. The maximum atomic E-state index is 12.4. The van der Waals surface area contributed by atoms with Gasteiger partial charge < -0.3 is 10.2 Å². The Hall–Kier alpha value is -2.74. The average molecular weight is 340 g/mol. The predicted octanol–water partition coefficient (Wildman–Crippen LogP) is 2.11. The summed E-state index contributed by atoms with van der Waals surface area (Å²) in [5.41, 5.74) is 2.96. The summed E-state index contributed by atoms with van der Waals surface area (Å²) in [4.78, 5) is 14.2. The molecule has 2 aromatic heterocycles. The van der Waals surface area contributed by atoms with Gasteiger partial charge in [0, 0.05) is 30.9 Å². The van der Waals surface area contributed by atoms with Gasteiger partial charge in [-0.15, -0.1) is 10.2 Å². The Labute approximate surface area is 142 Å². The Morgan fingerprint density at radius 1 is 1.29 bits per heavy atom. The van der Waals surface area contributed by atoms with E-state index in [0.717, 1.165) is 12.2 Å². The highest BCUT2D eigenvalue weighted by atomic mass is 32.1. The lowest BCUT2D eigenvalue weighted by Gasteiger charge is -2.37. The van der Waals surface area contributed by atoms with Crippen LogP contribution in [0, 0.1) is 0 Å². The van der Waals surface area contributed by atoms with Crippen LogP contribution in [-0.4, -0.2) is 44.5 Å². The SMILES string of the molecule is O=C(c1ccc(NCc2ccsc2)cc1)N1CC(c2nn[nH]n2)C1. The smallest absolute Gasteiger partial charge is 0.253 e. The van der Waals surface area contributed by atoms with Gasteiger partial charge in [0.05, 0.1) is 5.92 Å². The number of H-pyrrole nitrogens is 1. The lowest BCUT2D eigenvalue weighted by Crippen LogP contribution is -2.48. The van der Waals surface area contributed by atoms with Crippen molar-refractivity contribution in [2.45, 2.75) is 12.5 Å². The maximum absolute atomic E-state index is 12.4. The van der Waals surface area contributed by atoms with Crippen LogP contribution in [0.25, 0.3) is 0 Å². The van der Waals surface area contributed by atoms with E-state index in [1.165, 1.54) is 5.56 Å². The molecule has 1 fully saturated rings. The van der Waals surface area contributed by atoms with Crippen LogP contribution in [0.2, 0.25) is 0 Å². The van der Waals surface area contributed by atoms with Crippen LogP contribution >= 0.6 is 11.3 Å². The van der Waals surface area contributed by atoms with Crippen molar-refractivity contribution in [1.29, 1.82) is 0 Å². The number of carbonyl (C=O) groups excluding carboxylic acids is 1. The Morgan fingerprint density at radius 2 is 2.12 bits per heavy atom. The van der Waals surface area contributed by atoms with Gasteiger partial charge >= 0.3 is 0 Å². The molecule has 0 bridgehead atoms. The number of aromatic nitrogens is 4. The van der Waals surface area contributed by atoms with E-state index in [1.54, 1.807) is 16.2 Å². The highest BCUT2D eigenvalue weighted by Crippen LogP contribution is 2.25. The zero-order valence-electron chi connectivity index (χ0n) is 12.8. The van der Waals surface area contributed by atoms with E-state index in [-0.39, 0.29) is 11.8 Å². The van der Waals surface area contributed by atoms with Crippen molar-refractivity contribution in [3.63, 3.8) is 0 Å². The Balaban J connectivity index is 1.32. The number of tetrazole rings is 1. The van der Waals surface area contributed by atoms with Crippen molar-refractivity contribution in [2.75, 3.05) is 18.4 Å². The lowest BCUT2D eigenvalue weighted by molar-refractivity contribution is 0.0594. The number of aromatic amines is 1. The summed E-state index contributed by atoms with van der Waals surface area (Å²) >= 11 is 1.69. The Morgan fingerprint density at radius 3 is 2.79 bits per heavy atom. The van der Waals surface area contributed by atoms with Crippen molar-refractivity contribution in [3.8, 4) is 0 Å². The van der Waals surface area contributed by atoms with Gasteiger partial charge in [-0.1, -0.05) is 5.21 Å². The average Bonchev–Trinajstić information content (AvgIpc) is 3.26. The third-order valence-electron chi connectivity index (χ3n) is 4.10. The second kappa shape index (κ2) is 6.40. The molecule has 3 heterocycles. The molecular weight excluding hydrogens is 324 g/mol. The number of amides is 1. The maximum Gasteiger partial charge on any atom is 0.253 e. The van der Waals surface area contributed by atoms with E-state index in [2.05, 4.69) is 42.8 Å². The summed E-state index contributed by atoms with van der Waals surface area (Å²) in [5, 5.41) is 21.5. The molecule has 1 aliphatic rings. The van der Waals surface area contributed by atoms with E-state index in [0.29, 0.717) is 24.5 Å². The number of carbonyl (C=O) groups is 1. The molecular formula is C16H16N6OS. The number of hydrogen-bond donors (Lipinski definition) is 2. The molecule has 7 nitrogen and oxygen atoms in total. The molecule has 0 unspecified atom stereocenters.